The van der Waals surface area contributed by atoms with E-state index >= 15 is 0 Å². The molecule has 0 unspecified atom stereocenters. The van der Waals surface area contributed by atoms with E-state index in [-0.39, 0.29) is 17.3 Å². The lowest BCUT2D eigenvalue weighted by Gasteiger charge is -2.08. The highest BCUT2D eigenvalue weighted by molar-refractivity contribution is 7.99. The fourth-order valence-corrected chi connectivity index (χ4v) is 3.92. The van der Waals surface area contributed by atoms with Crippen molar-refractivity contribution in [3.8, 4) is 11.4 Å². The molecule has 0 saturated heterocycles. The van der Waals surface area contributed by atoms with Gasteiger partial charge in [-0.3, -0.25) is 4.79 Å². The number of halogens is 1. The van der Waals surface area contributed by atoms with E-state index in [4.69, 9.17) is 0 Å². The first-order valence-corrected chi connectivity index (χ1v) is 10.1. The number of rotatable bonds is 7. The number of thiophene rings is 1. The molecule has 0 fully saturated rings. The number of anilines is 1. The normalized spacial score (nSPS) is 10.9. The molecule has 1 N–H and O–H groups in total. The number of nitrogens with zero attached hydrogens (tertiary/aromatic N) is 3. The average Bonchev–Trinajstić information content (AvgIpc) is 3.22. The second kappa shape index (κ2) is 8.46. The Morgan fingerprint density at radius 1 is 1.35 bits per heavy atom. The van der Waals surface area contributed by atoms with E-state index in [0.717, 1.165) is 24.4 Å². The van der Waals surface area contributed by atoms with Crippen LogP contribution in [0.5, 0.6) is 0 Å². The Labute approximate surface area is 159 Å². The van der Waals surface area contributed by atoms with Crippen molar-refractivity contribution < 1.29 is 9.18 Å². The van der Waals surface area contributed by atoms with Crippen molar-refractivity contribution >= 4 is 34.7 Å². The van der Waals surface area contributed by atoms with E-state index in [2.05, 4.69) is 40.8 Å². The van der Waals surface area contributed by atoms with Gasteiger partial charge in [0.25, 0.3) is 0 Å². The summed E-state index contributed by atoms with van der Waals surface area (Å²) in [5.74, 6) is 0.223. The van der Waals surface area contributed by atoms with Crippen LogP contribution in [0.3, 0.4) is 0 Å². The molecule has 0 atom stereocenters. The van der Waals surface area contributed by atoms with Crippen LogP contribution >= 0.6 is 23.1 Å². The third kappa shape index (κ3) is 4.31. The number of hydrogen-bond donors (Lipinski definition) is 1. The number of aryl methyl sites for hydroxylation is 1. The van der Waals surface area contributed by atoms with Crippen molar-refractivity contribution in [1.29, 1.82) is 0 Å². The maximum absolute atomic E-state index is 13.6. The summed E-state index contributed by atoms with van der Waals surface area (Å²) in [4.78, 5) is 13.3. The van der Waals surface area contributed by atoms with Crippen LogP contribution in [-0.4, -0.2) is 26.4 Å². The summed E-state index contributed by atoms with van der Waals surface area (Å²) in [6, 6.07) is 8.20. The molecule has 3 rings (SSSR count). The van der Waals surface area contributed by atoms with Crippen molar-refractivity contribution in [3.63, 3.8) is 0 Å². The van der Waals surface area contributed by atoms with Crippen LogP contribution in [0.15, 0.2) is 40.9 Å². The van der Waals surface area contributed by atoms with Gasteiger partial charge in [-0.1, -0.05) is 30.8 Å². The summed E-state index contributed by atoms with van der Waals surface area (Å²) in [6.07, 6.45) is 0.934. The number of hydrogen-bond acceptors (Lipinski definition) is 5. The van der Waals surface area contributed by atoms with Crippen molar-refractivity contribution in [1.82, 2.24) is 14.8 Å². The zero-order valence-corrected chi connectivity index (χ0v) is 16.2. The summed E-state index contributed by atoms with van der Waals surface area (Å²) < 4.78 is 15.7. The monoisotopic (exact) mass is 390 g/mol. The molecule has 0 aliphatic heterocycles. The van der Waals surface area contributed by atoms with Crippen molar-refractivity contribution in [3.05, 3.63) is 46.4 Å². The van der Waals surface area contributed by atoms with Crippen molar-refractivity contribution in [2.24, 2.45) is 0 Å². The smallest absolute Gasteiger partial charge is 0.234 e. The Bertz CT molecular complexity index is 906. The first kappa shape index (κ1) is 18.6. The summed E-state index contributed by atoms with van der Waals surface area (Å²) in [5, 5.41) is 13.9. The maximum Gasteiger partial charge on any atom is 0.234 e. The highest BCUT2D eigenvalue weighted by Gasteiger charge is 2.16. The molecule has 1 aromatic carbocycles. The minimum atomic E-state index is -0.449. The lowest BCUT2D eigenvalue weighted by molar-refractivity contribution is -0.113. The first-order valence-electron chi connectivity index (χ1n) is 8.24. The van der Waals surface area contributed by atoms with Crippen molar-refractivity contribution in [2.45, 2.75) is 32.0 Å². The van der Waals surface area contributed by atoms with Gasteiger partial charge in [-0.25, -0.2) is 4.39 Å². The van der Waals surface area contributed by atoms with Crippen LogP contribution in [0.4, 0.5) is 10.1 Å². The molecular weight excluding hydrogens is 371 g/mol. The molecule has 0 bridgehead atoms. The van der Waals surface area contributed by atoms with Gasteiger partial charge in [0, 0.05) is 22.4 Å². The largest absolute Gasteiger partial charge is 0.323 e. The predicted molar refractivity (Wildman–Crippen MR) is 104 cm³/mol. The molecule has 1 amide bonds. The van der Waals surface area contributed by atoms with Crippen LogP contribution in [0.2, 0.25) is 0 Å². The quantitative estimate of drug-likeness (QED) is 0.599. The molecule has 2 heterocycles. The Kier molecular flexibility index (Phi) is 6.05. The SMILES string of the molecule is CCCn1c(SCC(=O)Nc2ccccc2F)nnc1-c1csc(C)c1. The molecule has 26 heavy (non-hydrogen) atoms. The zero-order chi connectivity index (χ0) is 18.5. The number of aromatic nitrogens is 3. The second-order valence-electron chi connectivity index (χ2n) is 5.72. The first-order chi connectivity index (χ1) is 12.6. The standard InChI is InChI=1S/C18H19FN4OS2/c1-3-8-23-17(13-9-12(2)25-10-13)21-22-18(23)26-11-16(24)20-15-7-5-4-6-14(15)19/h4-7,9-10H,3,8,11H2,1-2H3,(H,20,24). The van der Waals surface area contributed by atoms with E-state index in [1.165, 1.54) is 28.8 Å². The van der Waals surface area contributed by atoms with Crippen LogP contribution < -0.4 is 5.32 Å². The molecule has 0 saturated carbocycles. The van der Waals surface area contributed by atoms with Crippen LogP contribution in [-0.2, 0) is 11.3 Å². The van der Waals surface area contributed by atoms with E-state index < -0.39 is 5.82 Å². The molecule has 0 spiro atoms. The summed E-state index contributed by atoms with van der Waals surface area (Å²) in [5.41, 5.74) is 1.22. The number of thioether (sulfide) groups is 1. The molecule has 8 heteroatoms. The number of amides is 1. The van der Waals surface area contributed by atoms with Gasteiger partial charge >= 0.3 is 0 Å². The van der Waals surface area contributed by atoms with Gasteiger partial charge in [-0.2, -0.15) is 0 Å². The van der Waals surface area contributed by atoms with E-state index in [9.17, 15) is 9.18 Å². The molecule has 0 aliphatic rings. The van der Waals surface area contributed by atoms with E-state index in [0.29, 0.717) is 5.16 Å². The highest BCUT2D eigenvalue weighted by Crippen LogP contribution is 2.28. The highest BCUT2D eigenvalue weighted by atomic mass is 32.2. The van der Waals surface area contributed by atoms with Gasteiger partial charge in [-0.15, -0.1) is 21.5 Å². The predicted octanol–water partition coefficient (Wildman–Crippen LogP) is 4.59. The van der Waals surface area contributed by atoms with Crippen molar-refractivity contribution in [2.75, 3.05) is 11.1 Å². The third-order valence-corrected chi connectivity index (χ3v) is 5.46. The molecule has 3 aromatic rings. The van der Waals surface area contributed by atoms with Gasteiger partial charge in [0.05, 0.1) is 11.4 Å². The molecule has 5 nitrogen and oxygen atoms in total. The van der Waals surface area contributed by atoms with E-state index in [1.807, 2.05) is 4.57 Å². The summed E-state index contributed by atoms with van der Waals surface area (Å²) >= 11 is 2.97. The zero-order valence-electron chi connectivity index (χ0n) is 14.5. The van der Waals surface area contributed by atoms with Crippen LogP contribution in [0, 0.1) is 12.7 Å². The lowest BCUT2D eigenvalue weighted by Crippen LogP contribution is -2.15. The topological polar surface area (TPSA) is 59.8 Å². The molecule has 0 radical (unpaired) electrons. The molecule has 2 aromatic heterocycles. The lowest BCUT2D eigenvalue weighted by atomic mass is 10.3. The van der Waals surface area contributed by atoms with Gasteiger partial charge in [0.15, 0.2) is 11.0 Å². The summed E-state index contributed by atoms with van der Waals surface area (Å²) in [7, 11) is 0. The van der Waals surface area contributed by atoms with Gasteiger partial charge < -0.3 is 9.88 Å². The second-order valence-corrected chi connectivity index (χ2v) is 7.78. The Morgan fingerprint density at radius 2 is 2.15 bits per heavy atom. The van der Waals surface area contributed by atoms with E-state index in [1.54, 1.807) is 23.5 Å². The third-order valence-electron chi connectivity index (χ3n) is 3.63. The number of nitrogens with one attached hydrogen (secondary N) is 1. The van der Waals surface area contributed by atoms with Gasteiger partial charge in [0.2, 0.25) is 5.91 Å². The maximum atomic E-state index is 13.6. The number of benzene rings is 1. The fourth-order valence-electron chi connectivity index (χ4n) is 2.47. The number of carbonyl (C=O) groups excluding carboxylic acids is 1. The Balaban J connectivity index is 1.70. The minimum absolute atomic E-state index is 0.138. The Morgan fingerprint density at radius 3 is 2.85 bits per heavy atom. The fraction of sp³-hybridized carbons (Fsp3) is 0.278. The van der Waals surface area contributed by atoms with Crippen LogP contribution in [0.1, 0.15) is 18.2 Å². The average molecular weight is 391 g/mol. The molecule has 136 valence electrons. The Hall–Kier alpha value is -2.19. The minimum Gasteiger partial charge on any atom is -0.323 e. The number of carbonyl (C=O) groups is 1. The van der Waals surface area contributed by atoms with Crippen LogP contribution in [0.25, 0.3) is 11.4 Å². The van der Waals surface area contributed by atoms with Gasteiger partial charge in [-0.05, 0) is 31.5 Å². The van der Waals surface area contributed by atoms with Gasteiger partial charge in [0.1, 0.15) is 5.82 Å². The summed E-state index contributed by atoms with van der Waals surface area (Å²) in [6.45, 7) is 4.91. The molecular formula is C18H19FN4OS2. The number of para-hydroxylation sites is 1. The molecule has 0 aliphatic carbocycles.